The highest BCUT2D eigenvalue weighted by Gasteiger charge is 2.18. The van der Waals surface area contributed by atoms with E-state index < -0.39 is 0 Å². The van der Waals surface area contributed by atoms with Crippen molar-refractivity contribution < 1.29 is 4.79 Å². The first kappa shape index (κ1) is 12.7. The van der Waals surface area contributed by atoms with Crippen LogP contribution >= 0.6 is 11.6 Å². The number of nitrogens with one attached hydrogen (secondary N) is 2. The zero-order valence-corrected chi connectivity index (χ0v) is 9.97. The smallest absolute Gasteiger partial charge is 0.271 e. The minimum Gasteiger partial charge on any atom is -0.350 e. The summed E-state index contributed by atoms with van der Waals surface area (Å²) in [5.41, 5.74) is -0.318. The summed E-state index contributed by atoms with van der Waals surface area (Å²) >= 11 is 5.73. The summed E-state index contributed by atoms with van der Waals surface area (Å²) in [4.78, 5) is 22.3. The highest BCUT2D eigenvalue weighted by Crippen LogP contribution is 2.15. The molecule has 0 saturated heterocycles. The van der Waals surface area contributed by atoms with Crippen LogP contribution < -0.4 is 10.9 Å². The number of halogens is 1. The number of nitrogens with zero attached hydrogens (tertiary/aromatic N) is 1. The van der Waals surface area contributed by atoms with Gasteiger partial charge < -0.3 is 5.32 Å². The van der Waals surface area contributed by atoms with E-state index in [9.17, 15) is 9.59 Å². The van der Waals surface area contributed by atoms with Crippen molar-refractivity contribution in [3.05, 3.63) is 28.2 Å². The van der Waals surface area contributed by atoms with Crippen molar-refractivity contribution >= 4 is 17.5 Å². The number of hydrogen-bond acceptors (Lipinski definition) is 3. The number of aromatic nitrogens is 2. The summed E-state index contributed by atoms with van der Waals surface area (Å²) in [6.45, 7) is 4.34. The molecule has 0 aliphatic rings. The molecule has 5 nitrogen and oxygen atoms in total. The molecule has 1 rings (SSSR count). The van der Waals surface area contributed by atoms with Gasteiger partial charge >= 0.3 is 0 Å². The Kier molecular flexibility index (Phi) is 4.06. The number of carbonyl (C=O) groups is 1. The molecule has 1 aromatic heterocycles. The Morgan fingerprint density at radius 1 is 1.56 bits per heavy atom. The number of rotatable bonds is 4. The van der Waals surface area contributed by atoms with Gasteiger partial charge in [0.05, 0.1) is 0 Å². The average Bonchev–Trinajstić information content (AvgIpc) is 2.27. The first-order chi connectivity index (χ1) is 7.44. The van der Waals surface area contributed by atoms with Crippen LogP contribution in [0.3, 0.4) is 0 Å². The first-order valence-corrected chi connectivity index (χ1v) is 5.38. The molecule has 16 heavy (non-hydrogen) atoms. The molecule has 6 heteroatoms. The molecule has 1 aromatic rings. The third-order valence-corrected chi connectivity index (χ3v) is 2.72. The lowest BCUT2D eigenvalue weighted by molar-refractivity contribution is 0.0933. The van der Waals surface area contributed by atoms with Gasteiger partial charge in [-0.2, -0.15) is 5.10 Å². The van der Waals surface area contributed by atoms with E-state index >= 15 is 0 Å². The van der Waals surface area contributed by atoms with Gasteiger partial charge in [0.2, 0.25) is 0 Å². The molecule has 2 N–H and O–H groups in total. The summed E-state index contributed by atoms with van der Waals surface area (Å²) in [7, 11) is 0. The van der Waals surface area contributed by atoms with Gasteiger partial charge in [0, 0.05) is 18.5 Å². The highest BCUT2D eigenvalue weighted by molar-refractivity contribution is 6.18. The minimum absolute atomic E-state index is 0.167. The standard InChI is InChI=1S/C10H14ClN3O2/c1-10(2,5-11)6-12-9(16)7-3-4-8(15)14-13-7/h3-4H,5-6H2,1-2H3,(H,12,16)(H,14,15). The normalized spacial score (nSPS) is 11.2. The van der Waals surface area contributed by atoms with E-state index in [1.807, 2.05) is 13.8 Å². The topological polar surface area (TPSA) is 74.8 Å². The summed E-state index contributed by atoms with van der Waals surface area (Å²) in [6, 6.07) is 2.64. The van der Waals surface area contributed by atoms with Crippen LogP contribution in [0.15, 0.2) is 16.9 Å². The van der Waals surface area contributed by atoms with E-state index in [0.717, 1.165) is 0 Å². The Bertz CT molecular complexity index is 408. The zero-order valence-electron chi connectivity index (χ0n) is 9.21. The number of carbonyl (C=O) groups excluding carboxylic acids is 1. The molecule has 0 bridgehead atoms. The number of aromatic amines is 1. The second-order valence-electron chi connectivity index (χ2n) is 4.29. The number of hydrogen-bond donors (Lipinski definition) is 2. The van der Waals surface area contributed by atoms with Gasteiger partial charge in [-0.1, -0.05) is 13.8 Å². The third-order valence-electron chi connectivity index (χ3n) is 2.00. The maximum atomic E-state index is 11.6. The van der Waals surface area contributed by atoms with Crippen LogP contribution in [-0.4, -0.2) is 28.5 Å². The number of H-pyrrole nitrogens is 1. The Morgan fingerprint density at radius 3 is 2.75 bits per heavy atom. The molecule has 0 radical (unpaired) electrons. The van der Waals surface area contributed by atoms with Crippen LogP contribution in [0.4, 0.5) is 0 Å². The Balaban J connectivity index is 2.60. The van der Waals surface area contributed by atoms with Crippen molar-refractivity contribution in [2.24, 2.45) is 5.41 Å². The fraction of sp³-hybridized carbons (Fsp3) is 0.500. The Hall–Kier alpha value is -1.36. The van der Waals surface area contributed by atoms with Crippen molar-refractivity contribution in [3.63, 3.8) is 0 Å². The molecule has 1 amide bonds. The van der Waals surface area contributed by atoms with Gasteiger partial charge in [-0.3, -0.25) is 9.59 Å². The van der Waals surface area contributed by atoms with Gasteiger partial charge in [-0.25, -0.2) is 5.10 Å². The fourth-order valence-corrected chi connectivity index (χ4v) is 1.02. The molecule has 88 valence electrons. The van der Waals surface area contributed by atoms with Crippen LogP contribution in [0.5, 0.6) is 0 Å². The zero-order chi connectivity index (χ0) is 12.2. The van der Waals surface area contributed by atoms with Crippen molar-refractivity contribution in [2.45, 2.75) is 13.8 Å². The molecule has 0 fully saturated rings. The van der Waals surface area contributed by atoms with Crippen molar-refractivity contribution in [1.82, 2.24) is 15.5 Å². The van der Waals surface area contributed by atoms with Crippen LogP contribution in [0.2, 0.25) is 0 Å². The average molecular weight is 244 g/mol. The molecule has 1 heterocycles. The predicted octanol–water partition coefficient (Wildman–Crippen LogP) is 0.765. The summed E-state index contributed by atoms with van der Waals surface area (Å²) in [5, 5.41) is 8.52. The van der Waals surface area contributed by atoms with Crippen molar-refractivity contribution in [1.29, 1.82) is 0 Å². The number of alkyl halides is 1. The fourth-order valence-electron chi connectivity index (χ4n) is 0.928. The van der Waals surface area contributed by atoms with Crippen molar-refractivity contribution in [2.75, 3.05) is 12.4 Å². The van der Waals surface area contributed by atoms with Gasteiger partial charge in [-0.15, -0.1) is 11.6 Å². The van der Waals surface area contributed by atoms with Gasteiger partial charge in [0.25, 0.3) is 11.5 Å². The molecular weight excluding hydrogens is 230 g/mol. The van der Waals surface area contributed by atoms with Crippen molar-refractivity contribution in [3.8, 4) is 0 Å². The van der Waals surface area contributed by atoms with Gasteiger partial charge in [0.1, 0.15) is 5.69 Å². The molecule has 0 aromatic carbocycles. The van der Waals surface area contributed by atoms with E-state index in [0.29, 0.717) is 12.4 Å². The highest BCUT2D eigenvalue weighted by atomic mass is 35.5. The lowest BCUT2D eigenvalue weighted by atomic mass is 9.96. The second kappa shape index (κ2) is 5.12. The SMILES string of the molecule is CC(C)(CCl)CNC(=O)c1ccc(=O)[nH]n1. The Labute approximate surface area is 98.2 Å². The summed E-state index contributed by atoms with van der Waals surface area (Å²) in [6.07, 6.45) is 0. The molecule has 0 aliphatic heterocycles. The lowest BCUT2D eigenvalue weighted by Gasteiger charge is -2.21. The van der Waals surface area contributed by atoms with E-state index in [4.69, 9.17) is 11.6 Å². The predicted molar refractivity (Wildman–Crippen MR) is 61.7 cm³/mol. The second-order valence-corrected chi connectivity index (χ2v) is 4.55. The van der Waals surface area contributed by atoms with Gasteiger partial charge in [0.15, 0.2) is 0 Å². The van der Waals surface area contributed by atoms with E-state index in [2.05, 4.69) is 15.5 Å². The largest absolute Gasteiger partial charge is 0.350 e. The van der Waals surface area contributed by atoms with Crippen LogP contribution in [0.1, 0.15) is 24.3 Å². The molecule has 0 spiro atoms. The molecular formula is C10H14ClN3O2. The van der Waals surface area contributed by atoms with Crippen LogP contribution in [0.25, 0.3) is 0 Å². The maximum absolute atomic E-state index is 11.6. The van der Waals surface area contributed by atoms with Crippen LogP contribution in [-0.2, 0) is 0 Å². The number of amides is 1. The first-order valence-electron chi connectivity index (χ1n) is 4.84. The Morgan fingerprint density at radius 2 is 2.25 bits per heavy atom. The lowest BCUT2D eigenvalue weighted by Crippen LogP contribution is -2.35. The summed E-state index contributed by atoms with van der Waals surface area (Å²) in [5.74, 6) is 0.126. The molecule has 0 saturated carbocycles. The minimum atomic E-state index is -0.336. The molecule has 0 aliphatic carbocycles. The molecule has 0 unspecified atom stereocenters. The van der Waals surface area contributed by atoms with Crippen LogP contribution in [0, 0.1) is 5.41 Å². The maximum Gasteiger partial charge on any atom is 0.271 e. The molecule has 0 atom stereocenters. The quantitative estimate of drug-likeness (QED) is 0.767. The third kappa shape index (κ3) is 3.66. The van der Waals surface area contributed by atoms with E-state index in [1.165, 1.54) is 12.1 Å². The van der Waals surface area contributed by atoms with E-state index in [-0.39, 0.29) is 22.6 Å². The summed E-state index contributed by atoms with van der Waals surface area (Å²) < 4.78 is 0. The van der Waals surface area contributed by atoms with Gasteiger partial charge in [-0.05, 0) is 11.5 Å². The van der Waals surface area contributed by atoms with E-state index in [1.54, 1.807) is 0 Å². The monoisotopic (exact) mass is 243 g/mol.